The molecule has 0 aliphatic rings. The zero-order valence-corrected chi connectivity index (χ0v) is 9.30. The molecule has 0 amide bonds. The first kappa shape index (κ1) is 11.1. The summed E-state index contributed by atoms with van der Waals surface area (Å²) >= 11 is 0. The van der Waals surface area contributed by atoms with E-state index in [0.717, 1.165) is 11.4 Å². The van der Waals surface area contributed by atoms with Crippen LogP contribution < -0.4 is 5.73 Å². The molecule has 1 aromatic carbocycles. The van der Waals surface area contributed by atoms with Gasteiger partial charge in [-0.2, -0.15) is 0 Å². The number of benzene rings is 1. The summed E-state index contributed by atoms with van der Waals surface area (Å²) in [6, 6.07) is 6.63. The van der Waals surface area contributed by atoms with Crippen molar-refractivity contribution in [1.82, 2.24) is 9.97 Å². The van der Waals surface area contributed by atoms with Crippen LogP contribution in [-0.4, -0.2) is 14.9 Å². The van der Waals surface area contributed by atoms with Crippen molar-refractivity contribution < 1.29 is 4.92 Å². The molecule has 0 aliphatic heterocycles. The molecule has 1 aromatic heterocycles. The van der Waals surface area contributed by atoms with Gasteiger partial charge in [-0.25, -0.2) is 4.98 Å². The molecule has 6 heteroatoms. The number of nitrogen functional groups attached to an aromatic ring is 1. The predicted octanol–water partition coefficient (Wildman–Crippen LogP) is 1.80. The molecular formula is C11H12N4O2. The molecule has 17 heavy (non-hydrogen) atoms. The normalized spacial score (nSPS) is 10.4. The first-order valence-electron chi connectivity index (χ1n) is 5.11. The lowest BCUT2D eigenvalue weighted by Gasteiger charge is -2.01. The average molecular weight is 232 g/mol. The zero-order valence-electron chi connectivity index (χ0n) is 9.30. The Balaban J connectivity index is 2.36. The SMILES string of the molecule is Cc1[nH]c(N)nc1Cc1ccccc1[N+](=O)[O-]. The lowest BCUT2D eigenvalue weighted by Crippen LogP contribution is -1.97. The van der Waals surface area contributed by atoms with Crippen LogP contribution in [0.2, 0.25) is 0 Å². The van der Waals surface area contributed by atoms with E-state index in [4.69, 9.17) is 5.73 Å². The van der Waals surface area contributed by atoms with Crippen LogP contribution in [-0.2, 0) is 6.42 Å². The third-order valence-electron chi connectivity index (χ3n) is 2.55. The van der Waals surface area contributed by atoms with Crippen LogP contribution in [0.3, 0.4) is 0 Å². The zero-order chi connectivity index (χ0) is 12.4. The molecule has 0 aliphatic carbocycles. The molecule has 1 heterocycles. The Morgan fingerprint density at radius 1 is 1.47 bits per heavy atom. The van der Waals surface area contributed by atoms with Crippen LogP contribution in [0.1, 0.15) is 17.0 Å². The van der Waals surface area contributed by atoms with Crippen LogP contribution in [0.15, 0.2) is 24.3 Å². The van der Waals surface area contributed by atoms with Gasteiger partial charge >= 0.3 is 0 Å². The molecular weight excluding hydrogens is 220 g/mol. The van der Waals surface area contributed by atoms with Gasteiger partial charge in [0.05, 0.1) is 10.6 Å². The van der Waals surface area contributed by atoms with Crippen molar-refractivity contribution in [1.29, 1.82) is 0 Å². The highest BCUT2D eigenvalue weighted by Crippen LogP contribution is 2.21. The number of aryl methyl sites for hydroxylation is 1. The fourth-order valence-electron chi connectivity index (χ4n) is 1.71. The van der Waals surface area contributed by atoms with Gasteiger partial charge in [-0.15, -0.1) is 0 Å². The number of imidazole rings is 1. The molecule has 0 unspecified atom stereocenters. The quantitative estimate of drug-likeness (QED) is 0.622. The fourth-order valence-corrected chi connectivity index (χ4v) is 1.71. The Bertz CT molecular complexity index is 562. The molecule has 2 rings (SSSR count). The Morgan fingerprint density at radius 2 is 2.18 bits per heavy atom. The molecule has 0 spiro atoms. The van der Waals surface area contributed by atoms with Crippen molar-refractivity contribution in [2.45, 2.75) is 13.3 Å². The molecule has 2 aromatic rings. The molecule has 6 nitrogen and oxygen atoms in total. The number of nitro groups is 1. The van der Waals surface area contributed by atoms with Gasteiger partial charge in [0.15, 0.2) is 5.95 Å². The van der Waals surface area contributed by atoms with Crippen molar-refractivity contribution in [3.8, 4) is 0 Å². The van der Waals surface area contributed by atoms with Gasteiger partial charge in [-0.3, -0.25) is 10.1 Å². The maximum Gasteiger partial charge on any atom is 0.272 e. The minimum atomic E-state index is -0.388. The number of aromatic nitrogens is 2. The van der Waals surface area contributed by atoms with E-state index in [-0.39, 0.29) is 10.6 Å². The number of H-pyrrole nitrogens is 1. The first-order chi connectivity index (χ1) is 8.08. The molecule has 0 saturated carbocycles. The predicted molar refractivity (Wildman–Crippen MR) is 63.6 cm³/mol. The second-order valence-electron chi connectivity index (χ2n) is 3.76. The van der Waals surface area contributed by atoms with E-state index in [1.165, 1.54) is 6.07 Å². The third-order valence-corrected chi connectivity index (χ3v) is 2.55. The van der Waals surface area contributed by atoms with Crippen molar-refractivity contribution in [3.63, 3.8) is 0 Å². The summed E-state index contributed by atoms with van der Waals surface area (Å²) in [6.07, 6.45) is 0.399. The van der Waals surface area contributed by atoms with E-state index in [9.17, 15) is 10.1 Å². The average Bonchev–Trinajstić information content (AvgIpc) is 2.58. The minimum absolute atomic E-state index is 0.105. The standard InChI is InChI=1S/C11H12N4O2/c1-7-9(14-11(12)13-7)6-8-4-2-3-5-10(8)15(16)17/h2-5H,6H2,1H3,(H3,12,13,14). The number of hydrogen-bond donors (Lipinski definition) is 2. The van der Waals surface area contributed by atoms with Crippen molar-refractivity contribution >= 4 is 11.6 Å². The molecule has 0 atom stereocenters. The number of aromatic amines is 1. The van der Waals surface area contributed by atoms with Gasteiger partial charge in [0.25, 0.3) is 5.69 Å². The highest BCUT2D eigenvalue weighted by atomic mass is 16.6. The lowest BCUT2D eigenvalue weighted by atomic mass is 10.1. The molecule has 0 bridgehead atoms. The van der Waals surface area contributed by atoms with Gasteiger partial charge in [-0.05, 0) is 6.92 Å². The van der Waals surface area contributed by atoms with Crippen molar-refractivity contribution in [3.05, 3.63) is 51.3 Å². The van der Waals surface area contributed by atoms with Crippen LogP contribution in [0.4, 0.5) is 11.6 Å². The largest absolute Gasteiger partial charge is 0.369 e. The molecule has 88 valence electrons. The van der Waals surface area contributed by atoms with Crippen LogP contribution in [0.25, 0.3) is 0 Å². The highest BCUT2D eigenvalue weighted by Gasteiger charge is 2.15. The van der Waals surface area contributed by atoms with Crippen LogP contribution >= 0.6 is 0 Å². The smallest absolute Gasteiger partial charge is 0.272 e. The fraction of sp³-hybridized carbons (Fsp3) is 0.182. The van der Waals surface area contributed by atoms with Gasteiger partial charge in [0.1, 0.15) is 0 Å². The topological polar surface area (TPSA) is 97.8 Å². The number of nitro benzene ring substituents is 1. The third kappa shape index (κ3) is 2.25. The van der Waals surface area contributed by atoms with Gasteiger partial charge in [0.2, 0.25) is 0 Å². The number of nitrogens with two attached hydrogens (primary N) is 1. The Hall–Kier alpha value is -2.37. The summed E-state index contributed by atoms with van der Waals surface area (Å²) in [4.78, 5) is 17.4. The lowest BCUT2D eigenvalue weighted by molar-refractivity contribution is -0.385. The maximum absolute atomic E-state index is 10.9. The second-order valence-corrected chi connectivity index (χ2v) is 3.76. The Labute approximate surface area is 97.6 Å². The van der Waals surface area contributed by atoms with Crippen molar-refractivity contribution in [2.75, 3.05) is 5.73 Å². The van der Waals surface area contributed by atoms with Crippen LogP contribution in [0, 0.1) is 17.0 Å². The van der Waals surface area contributed by atoms with Crippen molar-refractivity contribution in [2.24, 2.45) is 0 Å². The first-order valence-corrected chi connectivity index (χ1v) is 5.11. The number of nitrogens with one attached hydrogen (secondary N) is 1. The Morgan fingerprint density at radius 3 is 2.76 bits per heavy atom. The maximum atomic E-state index is 10.9. The van der Waals surface area contributed by atoms with Gasteiger partial charge in [0, 0.05) is 23.7 Å². The number of para-hydroxylation sites is 1. The van der Waals surface area contributed by atoms with E-state index < -0.39 is 0 Å². The monoisotopic (exact) mass is 232 g/mol. The summed E-state index contributed by atoms with van der Waals surface area (Å²) in [5.41, 5.74) is 7.83. The molecule has 3 N–H and O–H groups in total. The molecule has 0 fully saturated rings. The van der Waals surface area contributed by atoms with Gasteiger partial charge in [-0.1, -0.05) is 18.2 Å². The van der Waals surface area contributed by atoms with Crippen LogP contribution in [0.5, 0.6) is 0 Å². The van der Waals surface area contributed by atoms with Gasteiger partial charge < -0.3 is 10.7 Å². The summed E-state index contributed by atoms with van der Waals surface area (Å²) in [5.74, 6) is 0.330. The number of nitrogens with zero attached hydrogens (tertiary/aromatic N) is 2. The summed E-state index contributed by atoms with van der Waals surface area (Å²) in [7, 11) is 0. The summed E-state index contributed by atoms with van der Waals surface area (Å²) < 4.78 is 0. The van der Waals surface area contributed by atoms with E-state index in [1.54, 1.807) is 18.2 Å². The van der Waals surface area contributed by atoms with E-state index in [2.05, 4.69) is 9.97 Å². The number of rotatable bonds is 3. The minimum Gasteiger partial charge on any atom is -0.369 e. The number of anilines is 1. The van der Waals surface area contributed by atoms with E-state index in [1.807, 2.05) is 6.92 Å². The summed E-state index contributed by atoms with van der Waals surface area (Å²) in [6.45, 7) is 1.84. The highest BCUT2D eigenvalue weighted by molar-refractivity contribution is 5.43. The number of hydrogen-bond acceptors (Lipinski definition) is 4. The van der Waals surface area contributed by atoms with E-state index in [0.29, 0.717) is 17.9 Å². The summed E-state index contributed by atoms with van der Waals surface area (Å²) in [5, 5.41) is 10.9. The Kier molecular flexibility index (Phi) is 2.78. The van der Waals surface area contributed by atoms with E-state index >= 15 is 0 Å². The molecule has 0 saturated heterocycles. The molecule has 0 radical (unpaired) electrons. The second kappa shape index (κ2) is 4.25.